The number of carbonyl (C=O) groups excluding carboxylic acids is 3. The quantitative estimate of drug-likeness (QED) is 0.238. The SMILES string of the molecule is CC(OC(=O)C1C2CC3C1C(=O)N(C(C)(C)C)C3C2OC(=O)c1c2ccccc2cc2ccccc12)C(F)(F)S(=O)(=O)O. The van der Waals surface area contributed by atoms with E-state index >= 15 is 0 Å². The summed E-state index contributed by atoms with van der Waals surface area (Å²) in [5, 5.41) is -1.78. The number of carbonyl (C=O) groups is 3. The van der Waals surface area contributed by atoms with Crippen molar-refractivity contribution in [1.29, 1.82) is 0 Å². The zero-order valence-electron chi connectivity index (χ0n) is 23.9. The largest absolute Gasteiger partial charge is 0.456 e. The molecule has 3 aromatic rings. The van der Waals surface area contributed by atoms with Crippen molar-refractivity contribution >= 4 is 49.5 Å². The second-order valence-electron chi connectivity index (χ2n) is 12.7. The topological polar surface area (TPSA) is 127 Å². The molecule has 2 aliphatic carbocycles. The molecule has 1 amide bonds. The van der Waals surface area contributed by atoms with E-state index in [4.69, 9.17) is 14.0 Å². The van der Waals surface area contributed by atoms with Crippen molar-refractivity contribution < 1.29 is 45.6 Å². The molecule has 2 saturated carbocycles. The van der Waals surface area contributed by atoms with Crippen LogP contribution >= 0.6 is 0 Å². The molecule has 0 radical (unpaired) electrons. The first-order valence-corrected chi connectivity index (χ1v) is 15.5. The minimum Gasteiger partial charge on any atom is -0.456 e. The maximum Gasteiger partial charge on any atom is 0.405 e. The molecule has 1 heterocycles. The lowest BCUT2D eigenvalue weighted by molar-refractivity contribution is -0.170. The van der Waals surface area contributed by atoms with Crippen molar-refractivity contribution in [3.63, 3.8) is 0 Å². The van der Waals surface area contributed by atoms with Crippen LogP contribution in [0.4, 0.5) is 8.78 Å². The maximum absolute atomic E-state index is 14.3. The lowest BCUT2D eigenvalue weighted by Crippen LogP contribution is -2.53. The fourth-order valence-corrected chi connectivity index (χ4v) is 7.98. The first-order valence-electron chi connectivity index (χ1n) is 14.0. The van der Waals surface area contributed by atoms with Gasteiger partial charge in [0.05, 0.1) is 23.4 Å². The van der Waals surface area contributed by atoms with Gasteiger partial charge < -0.3 is 14.4 Å². The van der Waals surface area contributed by atoms with Crippen molar-refractivity contribution in [1.82, 2.24) is 4.90 Å². The van der Waals surface area contributed by atoms with Crippen LogP contribution in [0.2, 0.25) is 0 Å². The van der Waals surface area contributed by atoms with Gasteiger partial charge in [0.15, 0.2) is 6.10 Å². The van der Waals surface area contributed by atoms with Crippen LogP contribution in [0.25, 0.3) is 21.5 Å². The van der Waals surface area contributed by atoms with Crippen LogP contribution in [0.3, 0.4) is 0 Å². The molecule has 0 aromatic heterocycles. The lowest BCUT2D eigenvalue weighted by Gasteiger charge is -2.40. The number of likely N-dealkylation sites (tertiary alicyclic amines) is 1. The molecule has 7 unspecified atom stereocenters. The van der Waals surface area contributed by atoms with E-state index < -0.39 is 74.8 Å². The molecule has 3 aliphatic rings. The van der Waals surface area contributed by atoms with Gasteiger partial charge >= 0.3 is 27.3 Å². The van der Waals surface area contributed by atoms with Crippen molar-refractivity contribution in [2.45, 2.75) is 63.2 Å². The minimum atomic E-state index is -5.88. The molecule has 43 heavy (non-hydrogen) atoms. The monoisotopic (exact) mass is 615 g/mol. The number of halogens is 2. The molecule has 1 aliphatic heterocycles. The maximum atomic E-state index is 14.3. The Labute approximate surface area is 246 Å². The number of alkyl halides is 2. The minimum absolute atomic E-state index is 0.310. The molecule has 9 nitrogen and oxygen atoms in total. The molecule has 12 heteroatoms. The Bertz CT molecular complexity index is 1730. The third-order valence-corrected chi connectivity index (χ3v) is 10.2. The number of fused-ring (bicyclic) bond motifs is 3. The predicted molar refractivity (Wildman–Crippen MR) is 152 cm³/mol. The normalized spacial score (nSPS) is 27.6. The molecule has 7 atom stereocenters. The highest BCUT2D eigenvalue weighted by Crippen LogP contribution is 2.61. The van der Waals surface area contributed by atoms with Crippen LogP contribution in [0.5, 0.6) is 0 Å². The van der Waals surface area contributed by atoms with Crippen LogP contribution in [-0.4, -0.2) is 64.8 Å². The van der Waals surface area contributed by atoms with E-state index in [1.54, 1.807) is 4.90 Å². The zero-order chi connectivity index (χ0) is 31.2. The smallest absolute Gasteiger partial charge is 0.405 e. The number of hydrogen-bond acceptors (Lipinski definition) is 7. The van der Waals surface area contributed by atoms with Crippen LogP contribution in [0.1, 0.15) is 44.5 Å². The lowest BCUT2D eigenvalue weighted by atomic mass is 9.78. The van der Waals surface area contributed by atoms with Gasteiger partial charge in [-0.05, 0) is 67.6 Å². The van der Waals surface area contributed by atoms with E-state index in [-0.39, 0.29) is 5.91 Å². The van der Waals surface area contributed by atoms with Crippen molar-refractivity contribution in [2.75, 3.05) is 0 Å². The van der Waals surface area contributed by atoms with Crippen LogP contribution in [0.15, 0.2) is 54.6 Å². The number of benzene rings is 3. The van der Waals surface area contributed by atoms with Gasteiger partial charge in [-0.25, -0.2) is 4.79 Å². The van der Waals surface area contributed by atoms with E-state index in [0.29, 0.717) is 29.7 Å². The predicted octanol–water partition coefficient (Wildman–Crippen LogP) is 4.82. The molecule has 2 bridgehead atoms. The molecule has 3 fully saturated rings. The van der Waals surface area contributed by atoms with Gasteiger partial charge in [0, 0.05) is 11.5 Å². The van der Waals surface area contributed by atoms with Gasteiger partial charge in [-0.3, -0.25) is 14.1 Å². The first-order chi connectivity index (χ1) is 20.0. The fraction of sp³-hybridized carbons (Fsp3) is 0.452. The second kappa shape index (κ2) is 9.68. The number of amides is 1. The zero-order valence-corrected chi connectivity index (χ0v) is 24.7. The molecule has 228 valence electrons. The summed E-state index contributed by atoms with van der Waals surface area (Å²) >= 11 is 0. The molecule has 3 aromatic carbocycles. The summed E-state index contributed by atoms with van der Waals surface area (Å²) in [6, 6.07) is 16.1. The summed E-state index contributed by atoms with van der Waals surface area (Å²) in [4.78, 5) is 42.9. The van der Waals surface area contributed by atoms with Gasteiger partial charge in [0.1, 0.15) is 6.10 Å². The molecule has 6 rings (SSSR count). The molecule has 1 N–H and O–H groups in total. The summed E-state index contributed by atoms with van der Waals surface area (Å²) < 4.78 is 71.2. The summed E-state index contributed by atoms with van der Waals surface area (Å²) in [7, 11) is -5.88. The number of rotatable bonds is 6. The van der Waals surface area contributed by atoms with E-state index in [2.05, 4.69) is 0 Å². The summed E-state index contributed by atoms with van der Waals surface area (Å²) in [6.45, 7) is 6.12. The Morgan fingerprint density at radius 2 is 1.56 bits per heavy atom. The molecular weight excluding hydrogens is 584 g/mol. The van der Waals surface area contributed by atoms with Gasteiger partial charge in [-0.1, -0.05) is 48.5 Å². The van der Waals surface area contributed by atoms with Gasteiger partial charge in [0.2, 0.25) is 5.91 Å². The van der Waals surface area contributed by atoms with Crippen LogP contribution in [0, 0.1) is 23.7 Å². The highest BCUT2D eigenvalue weighted by atomic mass is 32.2. The van der Waals surface area contributed by atoms with Crippen molar-refractivity contribution in [2.24, 2.45) is 23.7 Å². The van der Waals surface area contributed by atoms with Crippen molar-refractivity contribution in [3.05, 3.63) is 60.2 Å². The van der Waals surface area contributed by atoms with E-state index in [1.165, 1.54) is 0 Å². The molecular formula is C31H31F2NO8S. The van der Waals surface area contributed by atoms with Crippen LogP contribution < -0.4 is 0 Å². The number of hydrogen-bond donors (Lipinski definition) is 1. The highest BCUT2D eigenvalue weighted by molar-refractivity contribution is 7.86. The van der Waals surface area contributed by atoms with Crippen LogP contribution in [-0.2, 0) is 29.2 Å². The Morgan fingerprint density at radius 1 is 1.00 bits per heavy atom. The number of nitrogens with zero attached hydrogens (tertiary/aromatic N) is 1. The third kappa shape index (κ3) is 4.40. The Hall–Kier alpha value is -3.64. The highest BCUT2D eigenvalue weighted by Gasteiger charge is 2.72. The Morgan fingerprint density at radius 3 is 2.09 bits per heavy atom. The summed E-state index contributed by atoms with van der Waals surface area (Å²) in [6.07, 6.45) is -3.17. The summed E-state index contributed by atoms with van der Waals surface area (Å²) in [5.74, 6) is -5.52. The van der Waals surface area contributed by atoms with Gasteiger partial charge in [0.25, 0.3) is 0 Å². The second-order valence-corrected chi connectivity index (χ2v) is 14.2. The van der Waals surface area contributed by atoms with E-state index in [0.717, 1.165) is 10.8 Å². The van der Waals surface area contributed by atoms with E-state index in [1.807, 2.05) is 75.4 Å². The van der Waals surface area contributed by atoms with E-state index in [9.17, 15) is 31.6 Å². The Balaban J connectivity index is 1.39. The molecule has 1 saturated heterocycles. The fourth-order valence-electron chi connectivity index (χ4n) is 7.51. The standard InChI is InChI=1S/C31H31F2NO8S/c1-15(31(32,33)43(38,39)40)41-29(37)24-21-14-20-23(24)27(35)34(30(2,3)4)25(20)26(21)42-28(36)22-18-11-7-5-9-16(18)13-17-10-6-8-12-19(17)22/h5-13,15,20-21,23-26H,14H2,1-4H3,(H,38,39,40). The average Bonchev–Trinajstić information content (AvgIpc) is 3.53. The third-order valence-electron chi connectivity index (χ3n) is 9.20. The Kier molecular flexibility index (Phi) is 6.63. The summed E-state index contributed by atoms with van der Waals surface area (Å²) in [5.41, 5.74) is -0.384. The number of esters is 2. The van der Waals surface area contributed by atoms with Gasteiger partial charge in [-0.2, -0.15) is 17.2 Å². The first kappa shape index (κ1) is 29.4. The molecule has 0 spiro atoms. The number of ether oxygens (including phenoxy) is 2. The average molecular weight is 616 g/mol. The van der Waals surface area contributed by atoms with Crippen molar-refractivity contribution in [3.8, 4) is 0 Å². The van der Waals surface area contributed by atoms with Gasteiger partial charge in [-0.15, -0.1) is 0 Å².